The molecule has 2 aliphatic heterocycles. The summed E-state index contributed by atoms with van der Waals surface area (Å²) >= 11 is 0. The second-order valence-corrected chi connectivity index (χ2v) is 10.2. The summed E-state index contributed by atoms with van der Waals surface area (Å²) in [7, 11) is -3.70. The smallest absolute Gasteiger partial charge is 0.310 e. The molecule has 8 heteroatoms. The molecular weight excluding hydrogens is 392 g/mol. The fourth-order valence-corrected chi connectivity index (χ4v) is 5.97. The van der Waals surface area contributed by atoms with Crippen molar-refractivity contribution < 1.29 is 22.7 Å². The van der Waals surface area contributed by atoms with Crippen molar-refractivity contribution in [2.24, 2.45) is 11.8 Å². The van der Waals surface area contributed by atoms with Crippen molar-refractivity contribution in [3.63, 3.8) is 0 Å². The number of esters is 1. The van der Waals surface area contributed by atoms with Crippen LogP contribution in [-0.2, 0) is 30.8 Å². The highest BCUT2D eigenvalue weighted by atomic mass is 32.2. The Balaban J connectivity index is 1.56. The molecule has 0 radical (unpaired) electrons. The van der Waals surface area contributed by atoms with Gasteiger partial charge < -0.3 is 9.64 Å². The van der Waals surface area contributed by atoms with Crippen LogP contribution in [0.25, 0.3) is 0 Å². The van der Waals surface area contributed by atoms with Gasteiger partial charge in [-0.05, 0) is 69.7 Å². The van der Waals surface area contributed by atoms with Gasteiger partial charge in [0.1, 0.15) is 0 Å². The van der Waals surface area contributed by atoms with Crippen LogP contribution in [0.4, 0.5) is 5.69 Å². The average Bonchev–Trinajstić information content (AvgIpc) is 3.49. The highest BCUT2D eigenvalue weighted by Crippen LogP contribution is 2.40. The molecule has 2 heterocycles. The molecule has 4 rings (SSSR count). The van der Waals surface area contributed by atoms with Gasteiger partial charge in [-0.25, -0.2) is 8.42 Å². The molecule has 0 N–H and O–H groups in total. The van der Waals surface area contributed by atoms with E-state index < -0.39 is 15.9 Å². The molecule has 1 aliphatic carbocycles. The monoisotopic (exact) mass is 420 g/mol. The maximum Gasteiger partial charge on any atom is 0.310 e. The van der Waals surface area contributed by atoms with Crippen LogP contribution < -0.4 is 4.90 Å². The molecule has 1 aromatic rings. The molecule has 0 spiro atoms. The molecule has 1 saturated carbocycles. The number of amides is 1. The van der Waals surface area contributed by atoms with Gasteiger partial charge in [-0.15, -0.1) is 0 Å². The van der Waals surface area contributed by atoms with Crippen molar-refractivity contribution in [1.82, 2.24) is 4.31 Å². The summed E-state index contributed by atoms with van der Waals surface area (Å²) in [5.74, 6) is -0.468. The van der Waals surface area contributed by atoms with Crippen LogP contribution in [0.2, 0.25) is 0 Å². The van der Waals surface area contributed by atoms with E-state index in [2.05, 4.69) is 0 Å². The second kappa shape index (κ2) is 7.72. The van der Waals surface area contributed by atoms with Crippen molar-refractivity contribution in [1.29, 1.82) is 0 Å². The van der Waals surface area contributed by atoms with Crippen molar-refractivity contribution in [3.8, 4) is 0 Å². The molecule has 7 nitrogen and oxygen atoms in total. The van der Waals surface area contributed by atoms with Gasteiger partial charge in [0.05, 0.1) is 17.4 Å². The van der Waals surface area contributed by atoms with Gasteiger partial charge in [-0.3, -0.25) is 9.59 Å². The summed E-state index contributed by atoms with van der Waals surface area (Å²) in [4.78, 5) is 26.8. The third-order valence-electron chi connectivity index (χ3n) is 6.07. The normalized spacial score (nSPS) is 25.0. The molecule has 29 heavy (non-hydrogen) atoms. The summed E-state index contributed by atoms with van der Waals surface area (Å²) in [5, 5.41) is 0. The molecule has 0 unspecified atom stereocenters. The quantitative estimate of drug-likeness (QED) is 0.683. The van der Waals surface area contributed by atoms with Crippen molar-refractivity contribution in [3.05, 3.63) is 23.8 Å². The van der Waals surface area contributed by atoms with E-state index in [1.807, 2.05) is 11.8 Å². The van der Waals surface area contributed by atoms with Crippen molar-refractivity contribution in [2.45, 2.75) is 56.9 Å². The first-order valence-corrected chi connectivity index (χ1v) is 11.9. The van der Waals surface area contributed by atoms with Crippen LogP contribution in [0.3, 0.4) is 0 Å². The number of sulfonamides is 1. The first-order valence-electron chi connectivity index (χ1n) is 10.5. The van der Waals surface area contributed by atoms with Crippen LogP contribution in [0.5, 0.6) is 0 Å². The zero-order chi connectivity index (χ0) is 20.8. The number of carbonyl (C=O) groups is 2. The van der Waals surface area contributed by atoms with Gasteiger partial charge in [0.15, 0.2) is 0 Å². The van der Waals surface area contributed by atoms with Gasteiger partial charge in [-0.2, -0.15) is 4.31 Å². The van der Waals surface area contributed by atoms with Crippen LogP contribution in [0.1, 0.15) is 45.1 Å². The summed E-state index contributed by atoms with van der Waals surface area (Å²) in [6.07, 6.45) is 3.82. The number of nitrogens with zero attached hydrogens (tertiary/aromatic N) is 2. The zero-order valence-corrected chi connectivity index (χ0v) is 17.8. The first kappa shape index (κ1) is 20.3. The van der Waals surface area contributed by atoms with E-state index in [-0.39, 0.29) is 35.3 Å². The second-order valence-electron chi connectivity index (χ2n) is 8.28. The topological polar surface area (TPSA) is 84.0 Å². The maximum atomic E-state index is 13.2. The lowest BCUT2D eigenvalue weighted by atomic mass is 10.0. The molecular formula is C21H28N2O5S. The Morgan fingerprint density at radius 2 is 1.93 bits per heavy atom. The highest BCUT2D eigenvalue weighted by molar-refractivity contribution is 7.89. The van der Waals surface area contributed by atoms with Gasteiger partial charge in [0.2, 0.25) is 15.9 Å². The Labute approximate surface area is 172 Å². The fourth-order valence-electron chi connectivity index (χ4n) is 4.39. The Hall–Kier alpha value is -1.93. The van der Waals surface area contributed by atoms with Gasteiger partial charge in [0, 0.05) is 30.7 Å². The summed E-state index contributed by atoms with van der Waals surface area (Å²) in [6, 6.07) is 5.10. The van der Waals surface area contributed by atoms with E-state index in [9.17, 15) is 18.0 Å². The summed E-state index contributed by atoms with van der Waals surface area (Å²) in [6.45, 7) is 4.60. The van der Waals surface area contributed by atoms with Crippen LogP contribution in [0.15, 0.2) is 23.1 Å². The number of carbonyl (C=O) groups excluding carboxylic acids is 2. The van der Waals surface area contributed by atoms with Gasteiger partial charge in [0.25, 0.3) is 0 Å². The summed E-state index contributed by atoms with van der Waals surface area (Å²) in [5.41, 5.74) is 1.72. The van der Waals surface area contributed by atoms with E-state index in [0.29, 0.717) is 32.4 Å². The number of hydrogen-bond acceptors (Lipinski definition) is 5. The minimum absolute atomic E-state index is 0.0410. The lowest BCUT2D eigenvalue weighted by Gasteiger charge is -2.30. The minimum atomic E-state index is -3.70. The Morgan fingerprint density at radius 1 is 1.17 bits per heavy atom. The highest BCUT2D eigenvalue weighted by Gasteiger charge is 2.40. The van der Waals surface area contributed by atoms with E-state index in [1.54, 1.807) is 25.1 Å². The van der Waals surface area contributed by atoms with Crippen LogP contribution in [-0.4, -0.2) is 50.3 Å². The number of rotatable bonds is 5. The SMILES string of the molecule is CCOC(=O)[C@H]1CCCN(S(=O)(=O)c2ccc3c(c2)C[C@@H](C)N3C(=O)C2CC2)C1. The van der Waals surface area contributed by atoms with Gasteiger partial charge in [-0.1, -0.05) is 0 Å². The number of piperidine rings is 1. The third kappa shape index (κ3) is 3.80. The number of benzene rings is 1. The zero-order valence-electron chi connectivity index (χ0n) is 17.0. The summed E-state index contributed by atoms with van der Waals surface area (Å²) < 4.78 is 32.9. The Kier molecular flexibility index (Phi) is 5.42. The number of hydrogen-bond donors (Lipinski definition) is 0. The fraction of sp³-hybridized carbons (Fsp3) is 0.619. The lowest BCUT2D eigenvalue weighted by Crippen LogP contribution is -2.42. The molecule has 1 amide bonds. The predicted molar refractivity (Wildman–Crippen MR) is 108 cm³/mol. The molecule has 1 aromatic carbocycles. The molecule has 0 bridgehead atoms. The van der Waals surface area contributed by atoms with Gasteiger partial charge >= 0.3 is 5.97 Å². The van der Waals surface area contributed by atoms with E-state index in [1.165, 1.54) is 4.31 Å². The predicted octanol–water partition coefficient (Wildman–Crippen LogP) is 2.34. The molecule has 2 fully saturated rings. The van der Waals surface area contributed by atoms with E-state index >= 15 is 0 Å². The minimum Gasteiger partial charge on any atom is -0.466 e. The molecule has 158 valence electrons. The van der Waals surface area contributed by atoms with Crippen LogP contribution in [0, 0.1) is 11.8 Å². The largest absolute Gasteiger partial charge is 0.466 e. The maximum absolute atomic E-state index is 13.2. The Morgan fingerprint density at radius 3 is 2.62 bits per heavy atom. The molecule has 1 saturated heterocycles. The molecule has 2 atom stereocenters. The van der Waals surface area contributed by atoms with Crippen LogP contribution >= 0.6 is 0 Å². The Bertz CT molecular complexity index is 925. The first-order chi connectivity index (χ1) is 13.8. The average molecular weight is 421 g/mol. The number of ether oxygens (including phenoxy) is 1. The molecule has 0 aromatic heterocycles. The lowest BCUT2D eigenvalue weighted by molar-refractivity contribution is -0.149. The number of anilines is 1. The number of fused-ring (bicyclic) bond motifs is 1. The third-order valence-corrected chi connectivity index (χ3v) is 7.93. The molecule has 3 aliphatic rings. The van der Waals surface area contributed by atoms with Crippen molar-refractivity contribution in [2.75, 3.05) is 24.6 Å². The van der Waals surface area contributed by atoms with E-state index in [0.717, 1.165) is 24.1 Å². The van der Waals surface area contributed by atoms with Crippen molar-refractivity contribution >= 4 is 27.6 Å². The van der Waals surface area contributed by atoms with E-state index in [4.69, 9.17) is 4.74 Å². The standard InChI is InChI=1S/C21H28N2O5S/c1-3-28-21(25)16-5-4-10-22(13-16)29(26,27)18-8-9-19-17(12-18)11-14(2)23(19)20(24)15-6-7-15/h8-9,12,14-16H,3-7,10-11,13H2,1-2H3/t14-,16+/m1/s1.